The van der Waals surface area contributed by atoms with Crippen LogP contribution in [0, 0.1) is 0 Å². The van der Waals surface area contributed by atoms with Crippen LogP contribution in [0.15, 0.2) is 18.2 Å². The summed E-state index contributed by atoms with van der Waals surface area (Å²) in [6.45, 7) is 6.32. The summed E-state index contributed by atoms with van der Waals surface area (Å²) in [6.07, 6.45) is 3.43. The third-order valence-corrected chi connectivity index (χ3v) is 3.64. The van der Waals surface area contributed by atoms with Gasteiger partial charge in [0.15, 0.2) is 0 Å². The van der Waals surface area contributed by atoms with Crippen molar-refractivity contribution in [3.63, 3.8) is 0 Å². The van der Waals surface area contributed by atoms with Crippen molar-refractivity contribution in [2.75, 3.05) is 25.0 Å². The number of carbonyl (C=O) groups is 1. The molecule has 20 heavy (non-hydrogen) atoms. The standard InChI is InChI=1S/C16H25N3O/c1-12(17-8-9-18-13(2)20)10-14-5-6-16-15(11-14)4-3-7-19-16/h5-6,11-12,17,19H,3-4,7-10H2,1-2H3,(H,18,20). The van der Waals surface area contributed by atoms with Crippen LogP contribution in [0.5, 0.6) is 0 Å². The molecule has 1 unspecified atom stereocenters. The molecule has 1 aliphatic heterocycles. The number of nitrogens with one attached hydrogen (secondary N) is 3. The van der Waals surface area contributed by atoms with Crippen molar-refractivity contribution in [1.29, 1.82) is 0 Å². The smallest absolute Gasteiger partial charge is 0.216 e. The minimum absolute atomic E-state index is 0.0293. The Kier molecular flexibility index (Phi) is 5.41. The van der Waals surface area contributed by atoms with E-state index in [1.165, 1.54) is 29.7 Å². The highest BCUT2D eigenvalue weighted by Crippen LogP contribution is 2.23. The molecule has 0 bridgehead atoms. The quantitative estimate of drug-likeness (QED) is 0.693. The van der Waals surface area contributed by atoms with Gasteiger partial charge in [-0.1, -0.05) is 12.1 Å². The summed E-state index contributed by atoms with van der Waals surface area (Å²) in [5.41, 5.74) is 4.12. The highest BCUT2D eigenvalue weighted by molar-refractivity contribution is 5.72. The van der Waals surface area contributed by atoms with Crippen LogP contribution >= 0.6 is 0 Å². The van der Waals surface area contributed by atoms with Crippen LogP contribution in [0.3, 0.4) is 0 Å². The number of carbonyl (C=O) groups excluding carboxylic acids is 1. The number of hydrogen-bond acceptors (Lipinski definition) is 3. The largest absolute Gasteiger partial charge is 0.385 e. The summed E-state index contributed by atoms with van der Waals surface area (Å²) < 4.78 is 0. The molecule has 1 aromatic rings. The fourth-order valence-electron chi connectivity index (χ4n) is 2.64. The maximum atomic E-state index is 10.8. The first-order chi connectivity index (χ1) is 9.65. The summed E-state index contributed by atoms with van der Waals surface area (Å²) in [4.78, 5) is 10.8. The SMILES string of the molecule is CC(=O)NCCNC(C)Cc1ccc2c(c1)CCCN2. The molecule has 0 radical (unpaired) electrons. The zero-order chi connectivity index (χ0) is 14.4. The molecule has 1 aliphatic rings. The van der Waals surface area contributed by atoms with E-state index in [0.29, 0.717) is 12.6 Å². The van der Waals surface area contributed by atoms with Crippen molar-refractivity contribution in [1.82, 2.24) is 10.6 Å². The molecule has 0 spiro atoms. The molecule has 1 aromatic carbocycles. The molecule has 1 heterocycles. The summed E-state index contributed by atoms with van der Waals surface area (Å²) in [6, 6.07) is 7.16. The van der Waals surface area contributed by atoms with Gasteiger partial charge in [-0.25, -0.2) is 0 Å². The summed E-state index contributed by atoms with van der Waals surface area (Å²) in [5.74, 6) is 0.0293. The van der Waals surface area contributed by atoms with Gasteiger partial charge in [-0.3, -0.25) is 4.79 Å². The van der Waals surface area contributed by atoms with Crippen LogP contribution in [0.2, 0.25) is 0 Å². The maximum Gasteiger partial charge on any atom is 0.216 e. The van der Waals surface area contributed by atoms with Gasteiger partial charge in [-0.05, 0) is 43.4 Å². The molecule has 0 aromatic heterocycles. The predicted octanol–water partition coefficient (Wildman–Crippen LogP) is 1.70. The van der Waals surface area contributed by atoms with Gasteiger partial charge < -0.3 is 16.0 Å². The first-order valence-corrected chi connectivity index (χ1v) is 7.48. The fourth-order valence-corrected chi connectivity index (χ4v) is 2.64. The summed E-state index contributed by atoms with van der Waals surface area (Å²) >= 11 is 0. The molecule has 1 atom stereocenters. The minimum atomic E-state index is 0.0293. The molecular formula is C16H25N3O. The van der Waals surface area contributed by atoms with E-state index in [9.17, 15) is 4.79 Å². The molecule has 0 fully saturated rings. The van der Waals surface area contributed by atoms with Crippen LogP contribution in [0.25, 0.3) is 0 Å². The summed E-state index contributed by atoms with van der Waals surface area (Å²) in [5, 5.41) is 9.67. The number of benzene rings is 1. The molecule has 3 N–H and O–H groups in total. The second-order valence-electron chi connectivity index (χ2n) is 5.56. The van der Waals surface area contributed by atoms with E-state index in [2.05, 4.69) is 41.1 Å². The van der Waals surface area contributed by atoms with Crippen molar-refractivity contribution in [3.8, 4) is 0 Å². The fraction of sp³-hybridized carbons (Fsp3) is 0.562. The third kappa shape index (κ3) is 4.53. The van der Waals surface area contributed by atoms with Crippen LogP contribution in [0.4, 0.5) is 5.69 Å². The maximum absolute atomic E-state index is 10.8. The van der Waals surface area contributed by atoms with E-state index in [-0.39, 0.29) is 5.91 Å². The lowest BCUT2D eigenvalue weighted by molar-refractivity contribution is -0.118. The Labute approximate surface area is 121 Å². The third-order valence-electron chi connectivity index (χ3n) is 3.64. The molecule has 1 amide bonds. The van der Waals surface area contributed by atoms with Gasteiger partial charge in [-0.2, -0.15) is 0 Å². The van der Waals surface area contributed by atoms with Gasteiger partial charge in [0.2, 0.25) is 5.91 Å². The lowest BCUT2D eigenvalue weighted by atomic mass is 9.98. The molecule has 0 saturated heterocycles. The van der Waals surface area contributed by atoms with Gasteiger partial charge in [0.25, 0.3) is 0 Å². The van der Waals surface area contributed by atoms with Crippen molar-refractivity contribution in [2.24, 2.45) is 0 Å². The van der Waals surface area contributed by atoms with E-state index >= 15 is 0 Å². The predicted molar refractivity (Wildman–Crippen MR) is 83.1 cm³/mol. The monoisotopic (exact) mass is 275 g/mol. The zero-order valence-electron chi connectivity index (χ0n) is 12.5. The first kappa shape index (κ1) is 14.9. The molecule has 4 heteroatoms. The van der Waals surface area contributed by atoms with E-state index in [1.807, 2.05) is 0 Å². The molecule has 4 nitrogen and oxygen atoms in total. The van der Waals surface area contributed by atoms with Gasteiger partial charge in [0, 0.05) is 38.3 Å². The number of rotatable bonds is 6. The Bertz CT molecular complexity index is 459. The Morgan fingerprint density at radius 3 is 3.05 bits per heavy atom. The highest BCUT2D eigenvalue weighted by Gasteiger charge is 2.10. The number of fused-ring (bicyclic) bond motifs is 1. The second-order valence-corrected chi connectivity index (χ2v) is 5.56. The van der Waals surface area contributed by atoms with Crippen LogP contribution in [-0.4, -0.2) is 31.6 Å². The number of aryl methyl sites for hydroxylation is 1. The van der Waals surface area contributed by atoms with E-state index < -0.39 is 0 Å². The minimum Gasteiger partial charge on any atom is -0.385 e. The van der Waals surface area contributed by atoms with Crippen LogP contribution < -0.4 is 16.0 Å². The van der Waals surface area contributed by atoms with Gasteiger partial charge in [0.05, 0.1) is 0 Å². The Morgan fingerprint density at radius 1 is 1.40 bits per heavy atom. The van der Waals surface area contributed by atoms with Gasteiger partial charge in [0.1, 0.15) is 0 Å². The Morgan fingerprint density at radius 2 is 2.25 bits per heavy atom. The lowest BCUT2D eigenvalue weighted by Gasteiger charge is -2.20. The number of amides is 1. The van der Waals surface area contributed by atoms with Crippen molar-refractivity contribution in [2.45, 2.75) is 39.2 Å². The Hall–Kier alpha value is -1.55. The average Bonchev–Trinajstić information content (AvgIpc) is 2.43. The Balaban J connectivity index is 1.79. The van der Waals surface area contributed by atoms with E-state index in [1.54, 1.807) is 6.92 Å². The van der Waals surface area contributed by atoms with Gasteiger partial charge in [-0.15, -0.1) is 0 Å². The van der Waals surface area contributed by atoms with E-state index in [4.69, 9.17) is 0 Å². The molecule has 2 rings (SSSR count). The van der Waals surface area contributed by atoms with Crippen molar-refractivity contribution in [3.05, 3.63) is 29.3 Å². The first-order valence-electron chi connectivity index (χ1n) is 7.48. The van der Waals surface area contributed by atoms with Crippen molar-refractivity contribution >= 4 is 11.6 Å². The normalized spacial score (nSPS) is 15.1. The second kappa shape index (κ2) is 7.29. The number of hydrogen-bond donors (Lipinski definition) is 3. The molecule has 110 valence electrons. The molecule has 0 aliphatic carbocycles. The lowest BCUT2D eigenvalue weighted by Crippen LogP contribution is -2.35. The van der Waals surface area contributed by atoms with Gasteiger partial charge >= 0.3 is 0 Å². The average molecular weight is 275 g/mol. The van der Waals surface area contributed by atoms with Crippen LogP contribution in [0.1, 0.15) is 31.4 Å². The summed E-state index contributed by atoms with van der Waals surface area (Å²) in [7, 11) is 0. The topological polar surface area (TPSA) is 53.2 Å². The van der Waals surface area contributed by atoms with Crippen molar-refractivity contribution < 1.29 is 4.79 Å². The van der Waals surface area contributed by atoms with E-state index in [0.717, 1.165) is 19.5 Å². The number of anilines is 1. The molecule has 0 saturated carbocycles. The van der Waals surface area contributed by atoms with Crippen LogP contribution in [-0.2, 0) is 17.6 Å². The molecular weight excluding hydrogens is 250 g/mol. The highest BCUT2D eigenvalue weighted by atomic mass is 16.1. The zero-order valence-corrected chi connectivity index (χ0v) is 12.5.